The molecular formula is C28H61NSi. The molecule has 1 nitrogen and oxygen atoms in total. The van der Waals surface area contributed by atoms with Crippen molar-refractivity contribution in [2.24, 2.45) is 17.8 Å². The summed E-state index contributed by atoms with van der Waals surface area (Å²) in [5, 5.41) is 0. The largest absolute Gasteiger partial charge is 0.337 e. The van der Waals surface area contributed by atoms with Gasteiger partial charge in [0.1, 0.15) is 8.24 Å². The second kappa shape index (κ2) is 19.8. The predicted octanol–water partition coefficient (Wildman–Crippen LogP) is 9.97. The zero-order valence-electron chi connectivity index (χ0n) is 22.5. The van der Waals surface area contributed by atoms with Crippen LogP contribution in [0.1, 0.15) is 138 Å². The third-order valence-electron chi connectivity index (χ3n) is 6.43. The van der Waals surface area contributed by atoms with Crippen LogP contribution in [0.25, 0.3) is 0 Å². The van der Waals surface area contributed by atoms with Crippen LogP contribution in [0.5, 0.6) is 0 Å². The summed E-state index contributed by atoms with van der Waals surface area (Å²) >= 11 is 0. The summed E-state index contributed by atoms with van der Waals surface area (Å²) in [6, 6.07) is 4.38. The Bertz CT molecular complexity index is 324. The molecule has 1 N–H and O–H groups in total. The van der Waals surface area contributed by atoms with Crippen molar-refractivity contribution < 1.29 is 0 Å². The highest BCUT2D eigenvalue weighted by atomic mass is 28.3. The third kappa shape index (κ3) is 18.9. The molecule has 0 unspecified atom stereocenters. The van der Waals surface area contributed by atoms with E-state index >= 15 is 0 Å². The van der Waals surface area contributed by atoms with Crippen LogP contribution in [0, 0.1) is 17.8 Å². The van der Waals surface area contributed by atoms with Gasteiger partial charge in [0.05, 0.1) is 0 Å². The van der Waals surface area contributed by atoms with Gasteiger partial charge in [-0.3, -0.25) is 0 Å². The lowest BCUT2D eigenvalue weighted by Crippen LogP contribution is -2.53. The monoisotopic (exact) mass is 439 g/mol. The molecule has 0 aliphatic carbocycles. The summed E-state index contributed by atoms with van der Waals surface area (Å²) in [4.78, 5) is 4.21. The lowest BCUT2D eigenvalue weighted by molar-refractivity contribution is 0.533. The van der Waals surface area contributed by atoms with Gasteiger partial charge >= 0.3 is 0 Å². The average Bonchev–Trinajstić information content (AvgIpc) is 2.63. The fourth-order valence-electron chi connectivity index (χ4n) is 5.48. The molecule has 0 aliphatic rings. The maximum absolute atomic E-state index is 4.21. The van der Waals surface area contributed by atoms with Gasteiger partial charge in [-0.25, -0.2) is 0 Å². The van der Waals surface area contributed by atoms with E-state index < -0.39 is 8.24 Å². The second-order valence-electron chi connectivity index (χ2n) is 11.6. The predicted molar refractivity (Wildman–Crippen MR) is 143 cm³/mol. The van der Waals surface area contributed by atoms with Crippen molar-refractivity contribution in [3.8, 4) is 0 Å². The van der Waals surface area contributed by atoms with Crippen molar-refractivity contribution in [2.45, 2.75) is 156 Å². The van der Waals surface area contributed by atoms with E-state index in [9.17, 15) is 0 Å². The highest BCUT2D eigenvalue weighted by Crippen LogP contribution is 2.30. The van der Waals surface area contributed by atoms with E-state index in [1.165, 1.54) is 115 Å². The summed E-state index contributed by atoms with van der Waals surface area (Å²) in [6.07, 6.45) is 20.3. The quantitative estimate of drug-likeness (QED) is 0.131. The van der Waals surface area contributed by atoms with Gasteiger partial charge in [-0.15, -0.1) is 0 Å². The van der Waals surface area contributed by atoms with Crippen molar-refractivity contribution in [3.05, 3.63) is 0 Å². The Morgan fingerprint density at radius 3 is 1.07 bits per heavy atom. The molecular weight excluding hydrogens is 378 g/mol. The van der Waals surface area contributed by atoms with Crippen molar-refractivity contribution in [1.29, 1.82) is 0 Å². The molecule has 0 aromatic heterocycles. The van der Waals surface area contributed by atoms with Crippen LogP contribution in [-0.2, 0) is 0 Å². The second-order valence-corrected chi connectivity index (χ2v) is 15.7. The van der Waals surface area contributed by atoms with Crippen molar-refractivity contribution >= 4 is 8.24 Å². The lowest BCUT2D eigenvalue weighted by atomic mass is 10.0. The third-order valence-corrected chi connectivity index (χ3v) is 12.2. The fourth-order valence-corrected chi connectivity index (χ4v) is 11.8. The number of nitrogens with one attached hydrogen (secondary N) is 1. The zero-order chi connectivity index (χ0) is 22.7. The van der Waals surface area contributed by atoms with Gasteiger partial charge in [0.25, 0.3) is 0 Å². The Labute approximate surface area is 194 Å². The van der Waals surface area contributed by atoms with Gasteiger partial charge in [-0.1, -0.05) is 132 Å². The normalized spacial score (nSPS) is 12.6. The maximum Gasteiger partial charge on any atom is 0.126 e. The van der Waals surface area contributed by atoms with Crippen LogP contribution in [-0.4, -0.2) is 14.8 Å². The minimum Gasteiger partial charge on any atom is -0.337 e. The minimum absolute atomic E-state index is 0.831. The van der Waals surface area contributed by atoms with Gasteiger partial charge in [0.2, 0.25) is 0 Å². The molecule has 0 aromatic rings. The Morgan fingerprint density at radius 1 is 0.467 bits per heavy atom. The summed E-state index contributed by atoms with van der Waals surface area (Å²) in [7, 11) is -1.34. The van der Waals surface area contributed by atoms with Gasteiger partial charge in [0.15, 0.2) is 0 Å². The Morgan fingerprint density at radius 2 is 0.767 bits per heavy atom. The minimum atomic E-state index is -1.34. The summed E-state index contributed by atoms with van der Waals surface area (Å²) in [5.74, 6) is 2.49. The van der Waals surface area contributed by atoms with Crippen LogP contribution in [0.15, 0.2) is 0 Å². The molecule has 0 spiro atoms. The molecule has 0 atom stereocenters. The van der Waals surface area contributed by atoms with Gasteiger partial charge in [-0.05, 0) is 48.9 Å². The lowest BCUT2D eigenvalue weighted by Gasteiger charge is -2.37. The first-order chi connectivity index (χ1) is 14.3. The van der Waals surface area contributed by atoms with Crippen molar-refractivity contribution in [3.63, 3.8) is 0 Å². The average molecular weight is 440 g/mol. The first-order valence-electron chi connectivity index (χ1n) is 14.1. The van der Waals surface area contributed by atoms with Crippen molar-refractivity contribution in [2.75, 3.05) is 6.54 Å². The molecule has 182 valence electrons. The van der Waals surface area contributed by atoms with E-state index in [1.54, 1.807) is 0 Å². The molecule has 0 fully saturated rings. The SMILES string of the molecule is CCCCCCCCCCCCCCCCN[Si](CC(C)C)(CC(C)C)CC(C)C. The van der Waals surface area contributed by atoms with E-state index in [0.29, 0.717) is 0 Å². The molecule has 0 aromatic carbocycles. The van der Waals surface area contributed by atoms with E-state index in [4.69, 9.17) is 0 Å². The number of hydrogen-bond acceptors (Lipinski definition) is 1. The Kier molecular flexibility index (Phi) is 19.9. The standard InChI is InChI=1S/C28H61NSi/c1-8-9-10-11-12-13-14-15-16-17-18-19-20-21-22-29-30(23-26(2)3,24-27(4)5)25-28(6)7/h26-29H,8-25H2,1-7H3. The molecule has 2 heteroatoms. The smallest absolute Gasteiger partial charge is 0.126 e. The molecule has 30 heavy (non-hydrogen) atoms. The number of hydrogen-bond donors (Lipinski definition) is 1. The van der Waals surface area contributed by atoms with E-state index in [-0.39, 0.29) is 0 Å². The maximum atomic E-state index is 4.21. The summed E-state index contributed by atoms with van der Waals surface area (Å²) in [6.45, 7) is 18.1. The molecule has 0 saturated carbocycles. The van der Waals surface area contributed by atoms with E-state index in [0.717, 1.165) is 17.8 Å². The molecule has 0 amide bonds. The van der Waals surface area contributed by atoms with Gasteiger partial charge in [0, 0.05) is 0 Å². The zero-order valence-corrected chi connectivity index (χ0v) is 23.5. The molecule has 0 rings (SSSR count). The number of rotatable bonds is 22. The topological polar surface area (TPSA) is 12.0 Å². The van der Waals surface area contributed by atoms with Gasteiger partial charge < -0.3 is 4.98 Å². The molecule has 0 aliphatic heterocycles. The van der Waals surface area contributed by atoms with Crippen LogP contribution in [0.3, 0.4) is 0 Å². The van der Waals surface area contributed by atoms with E-state index in [2.05, 4.69) is 53.4 Å². The summed E-state index contributed by atoms with van der Waals surface area (Å²) in [5.41, 5.74) is 0. The number of unbranched alkanes of at least 4 members (excludes halogenated alkanes) is 13. The first kappa shape index (κ1) is 30.2. The highest BCUT2D eigenvalue weighted by Gasteiger charge is 2.34. The first-order valence-corrected chi connectivity index (χ1v) is 16.7. The van der Waals surface area contributed by atoms with Crippen LogP contribution in [0.4, 0.5) is 0 Å². The molecule has 0 saturated heterocycles. The van der Waals surface area contributed by atoms with Crippen LogP contribution < -0.4 is 4.98 Å². The van der Waals surface area contributed by atoms with Gasteiger partial charge in [-0.2, -0.15) is 0 Å². The molecule has 0 bridgehead atoms. The fraction of sp³-hybridized carbons (Fsp3) is 1.00. The highest BCUT2D eigenvalue weighted by molar-refractivity contribution is 6.77. The molecule has 0 heterocycles. The van der Waals surface area contributed by atoms with E-state index in [1.807, 2.05) is 0 Å². The molecule has 0 radical (unpaired) electrons. The van der Waals surface area contributed by atoms with Crippen LogP contribution >= 0.6 is 0 Å². The Hall–Kier alpha value is 0.177. The Balaban J connectivity index is 3.83. The van der Waals surface area contributed by atoms with Crippen LogP contribution in [0.2, 0.25) is 18.1 Å². The summed E-state index contributed by atoms with van der Waals surface area (Å²) < 4.78 is 0. The van der Waals surface area contributed by atoms with Crippen molar-refractivity contribution in [1.82, 2.24) is 4.98 Å².